The predicted molar refractivity (Wildman–Crippen MR) is 239 cm³/mol. The van der Waals surface area contributed by atoms with E-state index in [4.69, 9.17) is 9.97 Å². The van der Waals surface area contributed by atoms with Gasteiger partial charge in [-0.2, -0.15) is 0 Å². The fourth-order valence-electron chi connectivity index (χ4n) is 9.36. The molecule has 0 radical (unpaired) electrons. The zero-order valence-corrected chi connectivity index (χ0v) is 31.9. The molecule has 2 nitrogen and oxygen atoms in total. The van der Waals surface area contributed by atoms with E-state index in [-0.39, 0.29) is 5.41 Å². The lowest BCUT2D eigenvalue weighted by molar-refractivity contribution is 0.662. The minimum atomic E-state index is -0.116. The Hall–Kier alpha value is -7.16. The van der Waals surface area contributed by atoms with Gasteiger partial charge in [0.1, 0.15) is 0 Å². The molecular weight excluding hydrogens is 689 g/mol. The number of hydrogen-bond acceptors (Lipinski definition) is 2. The Morgan fingerprint density at radius 2 is 0.930 bits per heavy atom. The normalized spacial score (nSPS) is 12.9. The summed E-state index contributed by atoms with van der Waals surface area (Å²) in [7, 11) is 0. The van der Waals surface area contributed by atoms with Gasteiger partial charge in [-0.05, 0) is 101 Å². The minimum absolute atomic E-state index is 0.116. The quantitative estimate of drug-likeness (QED) is 0.130. The Morgan fingerprint density at radius 3 is 1.74 bits per heavy atom. The fraction of sp³-hybridized carbons (Fsp3) is 0.0545. The van der Waals surface area contributed by atoms with Crippen molar-refractivity contribution in [1.82, 2.24) is 9.97 Å². The van der Waals surface area contributed by atoms with Gasteiger partial charge in [0, 0.05) is 22.1 Å². The van der Waals surface area contributed by atoms with E-state index in [1.807, 2.05) is 6.07 Å². The van der Waals surface area contributed by atoms with Crippen LogP contribution in [-0.4, -0.2) is 9.97 Å². The average Bonchev–Trinajstić information content (AvgIpc) is 3.51. The Kier molecular flexibility index (Phi) is 7.55. The van der Waals surface area contributed by atoms with Crippen molar-refractivity contribution in [3.05, 3.63) is 205 Å². The lowest BCUT2D eigenvalue weighted by Crippen LogP contribution is -2.16. The van der Waals surface area contributed by atoms with Crippen molar-refractivity contribution in [2.75, 3.05) is 0 Å². The van der Waals surface area contributed by atoms with Crippen molar-refractivity contribution in [1.29, 1.82) is 0 Å². The molecule has 9 aromatic carbocycles. The summed E-state index contributed by atoms with van der Waals surface area (Å²) >= 11 is 0. The molecule has 10 aromatic rings. The first-order valence-corrected chi connectivity index (χ1v) is 19.7. The second-order valence-electron chi connectivity index (χ2n) is 15.7. The first kappa shape index (κ1) is 33.2. The van der Waals surface area contributed by atoms with Gasteiger partial charge in [0.25, 0.3) is 0 Å². The molecule has 0 amide bonds. The van der Waals surface area contributed by atoms with Crippen LogP contribution in [0.25, 0.3) is 99.6 Å². The van der Waals surface area contributed by atoms with Gasteiger partial charge in [0.2, 0.25) is 0 Å². The highest BCUT2D eigenvalue weighted by molar-refractivity contribution is 6.20. The second-order valence-corrected chi connectivity index (χ2v) is 15.7. The Bertz CT molecular complexity index is 3210. The number of benzene rings is 9. The van der Waals surface area contributed by atoms with E-state index in [9.17, 15) is 0 Å². The maximum atomic E-state index is 5.26. The molecular formula is C55H38N2. The van der Waals surface area contributed by atoms with Gasteiger partial charge in [0.15, 0.2) is 5.82 Å². The summed E-state index contributed by atoms with van der Waals surface area (Å²) in [6, 6.07) is 70.2. The molecule has 0 atom stereocenters. The SMILES string of the molecule is CC1(C)c2ccccc2-c2cccc(-c3cccc(-c4cc(-c5cccc(-c6c7ccccc7cc7c6ccc6ccccc67)c5)nc(-c5ccccc5)n4)c3)c21. The molecule has 2 heteroatoms. The zero-order chi connectivity index (χ0) is 38.1. The maximum Gasteiger partial charge on any atom is 0.160 e. The van der Waals surface area contributed by atoms with Crippen LogP contribution in [0.1, 0.15) is 25.0 Å². The van der Waals surface area contributed by atoms with Crippen LogP contribution >= 0.6 is 0 Å². The van der Waals surface area contributed by atoms with E-state index in [2.05, 4.69) is 202 Å². The summed E-state index contributed by atoms with van der Waals surface area (Å²) in [5.74, 6) is 0.707. The molecule has 1 aliphatic rings. The highest BCUT2D eigenvalue weighted by atomic mass is 14.9. The second kappa shape index (κ2) is 13.0. The van der Waals surface area contributed by atoms with Crippen LogP contribution in [0.3, 0.4) is 0 Å². The van der Waals surface area contributed by atoms with Gasteiger partial charge in [-0.3, -0.25) is 0 Å². The first-order valence-electron chi connectivity index (χ1n) is 19.7. The van der Waals surface area contributed by atoms with Crippen LogP contribution in [0.4, 0.5) is 0 Å². The number of nitrogens with zero attached hydrogens (tertiary/aromatic N) is 2. The highest BCUT2D eigenvalue weighted by Gasteiger charge is 2.37. The lowest BCUT2D eigenvalue weighted by Gasteiger charge is -2.24. The standard InChI is InChI=1S/C55H38N2/c1-55(2)49-28-11-10-25-45(49)47-27-14-26-44(53(47)55)37-19-12-20-39(31-37)50-34-51(57-54(56-50)36-16-4-3-5-17-36)40-21-13-22-41(32-40)52-43-24-9-7-18-38(43)33-48-42-23-8-6-15-35(42)29-30-46(48)52/h3-34H,1-2H3. The minimum Gasteiger partial charge on any atom is -0.228 e. The van der Waals surface area contributed by atoms with Gasteiger partial charge in [-0.15, -0.1) is 0 Å². The van der Waals surface area contributed by atoms with Crippen LogP contribution in [0.5, 0.6) is 0 Å². The van der Waals surface area contributed by atoms with Crippen LogP contribution in [0, 0.1) is 0 Å². The van der Waals surface area contributed by atoms with Crippen LogP contribution < -0.4 is 0 Å². The number of rotatable bonds is 5. The molecule has 0 N–H and O–H groups in total. The molecule has 57 heavy (non-hydrogen) atoms. The van der Waals surface area contributed by atoms with Crippen LogP contribution in [0.2, 0.25) is 0 Å². The van der Waals surface area contributed by atoms with Crippen molar-refractivity contribution in [2.45, 2.75) is 19.3 Å². The molecule has 0 spiro atoms. The molecule has 1 aliphatic carbocycles. The van der Waals surface area contributed by atoms with Crippen molar-refractivity contribution < 1.29 is 0 Å². The van der Waals surface area contributed by atoms with Gasteiger partial charge in [-0.25, -0.2) is 9.97 Å². The molecule has 0 aliphatic heterocycles. The topological polar surface area (TPSA) is 25.8 Å². The molecule has 0 saturated heterocycles. The smallest absolute Gasteiger partial charge is 0.160 e. The Labute approximate surface area is 332 Å². The molecule has 1 aromatic heterocycles. The summed E-state index contributed by atoms with van der Waals surface area (Å²) in [4.78, 5) is 10.5. The van der Waals surface area contributed by atoms with Crippen LogP contribution in [-0.2, 0) is 5.41 Å². The third-order valence-electron chi connectivity index (χ3n) is 12.0. The van der Waals surface area contributed by atoms with E-state index in [0.29, 0.717) is 5.82 Å². The molecule has 11 rings (SSSR count). The summed E-state index contributed by atoms with van der Waals surface area (Å²) in [5.41, 5.74) is 15.0. The first-order chi connectivity index (χ1) is 28.0. The van der Waals surface area contributed by atoms with E-state index in [1.165, 1.54) is 71.3 Å². The summed E-state index contributed by atoms with van der Waals surface area (Å²) in [5, 5.41) is 7.49. The predicted octanol–water partition coefficient (Wildman–Crippen LogP) is 14.6. The van der Waals surface area contributed by atoms with Crippen LogP contribution in [0.15, 0.2) is 194 Å². The molecule has 1 heterocycles. The van der Waals surface area contributed by atoms with Gasteiger partial charge < -0.3 is 0 Å². The van der Waals surface area contributed by atoms with Crippen molar-refractivity contribution in [3.8, 4) is 67.3 Å². The van der Waals surface area contributed by atoms with E-state index < -0.39 is 0 Å². The number of fused-ring (bicyclic) bond motifs is 7. The van der Waals surface area contributed by atoms with Gasteiger partial charge in [0.05, 0.1) is 11.4 Å². The molecule has 0 fully saturated rings. The van der Waals surface area contributed by atoms with Crippen molar-refractivity contribution in [3.63, 3.8) is 0 Å². The largest absolute Gasteiger partial charge is 0.228 e. The summed E-state index contributed by atoms with van der Waals surface area (Å²) in [6.07, 6.45) is 0. The van der Waals surface area contributed by atoms with Gasteiger partial charge >= 0.3 is 0 Å². The zero-order valence-electron chi connectivity index (χ0n) is 31.9. The monoisotopic (exact) mass is 726 g/mol. The lowest BCUT2D eigenvalue weighted by atomic mass is 9.78. The highest BCUT2D eigenvalue weighted by Crippen LogP contribution is 2.52. The third kappa shape index (κ3) is 5.40. The molecule has 0 saturated carbocycles. The van der Waals surface area contributed by atoms with Crippen molar-refractivity contribution >= 4 is 32.3 Å². The molecule has 0 bridgehead atoms. The van der Waals surface area contributed by atoms with Crippen molar-refractivity contribution in [2.24, 2.45) is 0 Å². The van der Waals surface area contributed by atoms with E-state index in [0.717, 1.165) is 33.6 Å². The molecule has 0 unspecified atom stereocenters. The Balaban J connectivity index is 1.08. The summed E-state index contributed by atoms with van der Waals surface area (Å²) < 4.78 is 0. The van der Waals surface area contributed by atoms with E-state index >= 15 is 0 Å². The Morgan fingerprint density at radius 1 is 0.351 bits per heavy atom. The van der Waals surface area contributed by atoms with E-state index in [1.54, 1.807) is 0 Å². The number of hydrogen-bond donors (Lipinski definition) is 0. The number of aromatic nitrogens is 2. The average molecular weight is 727 g/mol. The van der Waals surface area contributed by atoms with Gasteiger partial charge in [-0.1, -0.05) is 184 Å². The maximum absolute atomic E-state index is 5.26. The third-order valence-corrected chi connectivity index (χ3v) is 12.0. The summed E-state index contributed by atoms with van der Waals surface area (Å²) in [6.45, 7) is 4.70. The molecule has 268 valence electrons. The fourth-order valence-corrected chi connectivity index (χ4v) is 9.36.